The monoisotopic (exact) mass is 656 g/mol. The van der Waals surface area contributed by atoms with E-state index in [-0.39, 0.29) is 24.5 Å². The zero-order chi connectivity index (χ0) is 34.9. The Bertz CT molecular complexity index is 1480. The predicted molar refractivity (Wildman–Crippen MR) is 166 cm³/mol. The van der Waals surface area contributed by atoms with Gasteiger partial charge in [-0.1, -0.05) is 32.4 Å². The molecule has 0 amide bonds. The van der Waals surface area contributed by atoms with E-state index in [1.54, 1.807) is 26.4 Å². The van der Waals surface area contributed by atoms with Gasteiger partial charge in [0.2, 0.25) is 0 Å². The number of rotatable bonds is 7. The first-order valence-electron chi connectivity index (χ1n) is 16.5. The molecule has 11 nitrogen and oxygen atoms in total. The molecule has 1 N–H and O–H groups in total. The van der Waals surface area contributed by atoms with Crippen LogP contribution in [0.3, 0.4) is 0 Å². The summed E-state index contributed by atoms with van der Waals surface area (Å²) < 4.78 is 28.9. The van der Waals surface area contributed by atoms with Crippen molar-refractivity contribution >= 4 is 29.7 Å². The zero-order valence-electron chi connectivity index (χ0n) is 28.8. The minimum Gasteiger partial charge on any atom is -0.472 e. The standard InChI is InChI=1S/C36H48O11/c1-10-18(2)45-31(41)28-29(47-20(4)38)30-34(6,23-12-11-22(33(23,28)5)21-13-14-44-17-21)25(39)15-24-35(7,32(42)43-9)26(40)16-27(36(24,30)8)46-19(3)37/h12-14,17-18,22,24,26-30,40H,10-11,15-16H2,1-9H3. The second-order valence-electron chi connectivity index (χ2n) is 14.8. The van der Waals surface area contributed by atoms with E-state index >= 15 is 0 Å². The molecule has 0 saturated heterocycles. The highest BCUT2D eigenvalue weighted by atomic mass is 16.6. The number of ketones is 1. The second kappa shape index (κ2) is 11.9. The van der Waals surface area contributed by atoms with Crippen LogP contribution in [-0.4, -0.2) is 66.3 Å². The predicted octanol–water partition coefficient (Wildman–Crippen LogP) is 4.70. The first-order chi connectivity index (χ1) is 21.9. The smallest absolute Gasteiger partial charge is 0.314 e. The van der Waals surface area contributed by atoms with Gasteiger partial charge in [0.15, 0.2) is 0 Å². The number of carbonyl (C=O) groups excluding carboxylic acids is 5. The Balaban J connectivity index is 1.84. The molecule has 3 fully saturated rings. The minimum atomic E-state index is -1.59. The third-order valence-electron chi connectivity index (χ3n) is 12.6. The maximum atomic E-state index is 14.9. The molecule has 11 heteroatoms. The number of aliphatic hydroxyl groups is 1. The molecule has 12 unspecified atom stereocenters. The molecule has 0 spiro atoms. The molecular formula is C36H48O11. The lowest BCUT2D eigenvalue weighted by Crippen LogP contribution is -2.75. The normalized spacial score (nSPS) is 41.4. The summed E-state index contributed by atoms with van der Waals surface area (Å²) in [6.07, 6.45) is 1.92. The lowest BCUT2D eigenvalue weighted by Gasteiger charge is -2.69. The van der Waals surface area contributed by atoms with Crippen molar-refractivity contribution in [3.05, 3.63) is 35.8 Å². The second-order valence-corrected chi connectivity index (χ2v) is 14.8. The van der Waals surface area contributed by atoms with Gasteiger partial charge in [0.1, 0.15) is 23.9 Å². The molecule has 1 aromatic heterocycles. The van der Waals surface area contributed by atoms with Crippen molar-refractivity contribution in [2.75, 3.05) is 7.11 Å². The maximum Gasteiger partial charge on any atom is 0.314 e. The van der Waals surface area contributed by atoms with E-state index in [1.165, 1.54) is 21.0 Å². The summed E-state index contributed by atoms with van der Waals surface area (Å²) in [7, 11) is 1.22. The van der Waals surface area contributed by atoms with Gasteiger partial charge >= 0.3 is 23.9 Å². The van der Waals surface area contributed by atoms with Crippen LogP contribution in [0.15, 0.2) is 34.7 Å². The molecule has 1 aromatic rings. The topological polar surface area (TPSA) is 156 Å². The minimum absolute atomic E-state index is 0.137. The van der Waals surface area contributed by atoms with Crippen molar-refractivity contribution in [2.45, 2.75) is 111 Å². The Kier molecular flexibility index (Phi) is 8.82. The van der Waals surface area contributed by atoms with Gasteiger partial charge in [0, 0.05) is 49.4 Å². The van der Waals surface area contributed by atoms with E-state index in [1.807, 2.05) is 39.8 Å². The summed E-state index contributed by atoms with van der Waals surface area (Å²) in [4.78, 5) is 68.8. The molecule has 0 radical (unpaired) electrons. The number of carbonyl (C=O) groups is 5. The average molecular weight is 657 g/mol. The van der Waals surface area contributed by atoms with Crippen molar-refractivity contribution in [3.8, 4) is 0 Å². The lowest BCUT2D eigenvalue weighted by molar-refractivity contribution is -0.261. The molecule has 0 aromatic carbocycles. The van der Waals surface area contributed by atoms with E-state index in [2.05, 4.69) is 0 Å². The highest BCUT2D eigenvalue weighted by molar-refractivity contribution is 5.93. The van der Waals surface area contributed by atoms with E-state index in [4.69, 9.17) is 23.4 Å². The maximum absolute atomic E-state index is 14.9. The molecule has 1 heterocycles. The van der Waals surface area contributed by atoms with Gasteiger partial charge in [-0.15, -0.1) is 0 Å². The van der Waals surface area contributed by atoms with Crippen LogP contribution < -0.4 is 0 Å². The van der Waals surface area contributed by atoms with Crippen LogP contribution in [0, 0.1) is 39.4 Å². The molecule has 4 aliphatic rings. The molecular weight excluding hydrogens is 608 g/mol. The summed E-state index contributed by atoms with van der Waals surface area (Å²) in [6.45, 7) is 13.3. The fraction of sp³-hybridized carbons (Fsp3) is 0.694. The highest BCUT2D eigenvalue weighted by Crippen LogP contribution is 2.75. The summed E-state index contributed by atoms with van der Waals surface area (Å²) in [5, 5.41) is 11.5. The fourth-order valence-electron chi connectivity index (χ4n) is 10.3. The van der Waals surface area contributed by atoms with Crippen LogP contribution in [0.4, 0.5) is 0 Å². The summed E-state index contributed by atoms with van der Waals surface area (Å²) >= 11 is 0. The van der Waals surface area contributed by atoms with Crippen molar-refractivity contribution in [2.24, 2.45) is 39.4 Å². The number of fused-ring (bicyclic) bond motifs is 5. The van der Waals surface area contributed by atoms with Crippen molar-refractivity contribution in [1.29, 1.82) is 0 Å². The van der Waals surface area contributed by atoms with Gasteiger partial charge < -0.3 is 28.5 Å². The number of ether oxygens (including phenoxy) is 4. The van der Waals surface area contributed by atoms with Crippen LogP contribution in [0.2, 0.25) is 0 Å². The summed E-state index contributed by atoms with van der Waals surface area (Å²) in [5.41, 5.74) is -3.71. The number of Topliss-reactive ketones (excluding diaryl/α,β-unsaturated/α-hetero) is 1. The Hall–Kier alpha value is -3.47. The largest absolute Gasteiger partial charge is 0.472 e. The quantitative estimate of drug-likeness (QED) is 0.247. The molecule has 0 aliphatic heterocycles. The fourth-order valence-corrected chi connectivity index (χ4v) is 10.3. The molecule has 0 bridgehead atoms. The van der Waals surface area contributed by atoms with Crippen LogP contribution in [0.1, 0.15) is 92.6 Å². The van der Waals surface area contributed by atoms with E-state index in [0.717, 1.165) is 5.56 Å². The first kappa shape index (κ1) is 34.9. The highest BCUT2D eigenvalue weighted by Gasteiger charge is 2.78. The van der Waals surface area contributed by atoms with Gasteiger partial charge in [-0.2, -0.15) is 0 Å². The van der Waals surface area contributed by atoms with Gasteiger partial charge in [-0.3, -0.25) is 24.0 Å². The molecule has 47 heavy (non-hydrogen) atoms. The van der Waals surface area contributed by atoms with Crippen molar-refractivity contribution in [3.63, 3.8) is 0 Å². The van der Waals surface area contributed by atoms with Crippen LogP contribution in [0.25, 0.3) is 0 Å². The van der Waals surface area contributed by atoms with E-state index < -0.39 is 87.7 Å². The zero-order valence-corrected chi connectivity index (χ0v) is 28.8. The molecule has 258 valence electrons. The Labute approximate surface area is 275 Å². The molecule has 3 saturated carbocycles. The summed E-state index contributed by atoms with van der Waals surface area (Å²) in [6, 6.07) is 1.83. The lowest BCUT2D eigenvalue weighted by atomic mass is 9.34. The van der Waals surface area contributed by atoms with Gasteiger partial charge in [0.05, 0.1) is 42.7 Å². The molecule has 4 aliphatic carbocycles. The molecule has 5 rings (SSSR count). The van der Waals surface area contributed by atoms with Crippen molar-refractivity contribution in [1.82, 2.24) is 0 Å². The Morgan fingerprint density at radius 3 is 2.30 bits per heavy atom. The third kappa shape index (κ3) is 4.81. The van der Waals surface area contributed by atoms with Gasteiger partial charge in [0.25, 0.3) is 0 Å². The van der Waals surface area contributed by atoms with E-state index in [9.17, 15) is 29.1 Å². The van der Waals surface area contributed by atoms with Crippen LogP contribution in [0.5, 0.6) is 0 Å². The number of hydrogen-bond donors (Lipinski definition) is 1. The number of aliphatic hydroxyl groups excluding tert-OH is 1. The van der Waals surface area contributed by atoms with Gasteiger partial charge in [-0.25, -0.2) is 0 Å². The number of hydrogen-bond acceptors (Lipinski definition) is 11. The van der Waals surface area contributed by atoms with Crippen LogP contribution >= 0.6 is 0 Å². The SMILES string of the molecule is CCC(C)OC(=O)C1C(OC(C)=O)C2C(C)(C(=O)CC3C(C)(C(=O)OC)C(O)CC(OC(C)=O)C23C)C2=CCC(c3ccoc3)C21C. The first-order valence-corrected chi connectivity index (χ1v) is 16.5. The average Bonchev–Trinajstić information content (AvgIpc) is 3.64. The Morgan fingerprint density at radius 1 is 1.09 bits per heavy atom. The third-order valence-corrected chi connectivity index (χ3v) is 12.6. The number of methoxy groups -OCH3 is 1. The van der Waals surface area contributed by atoms with E-state index in [0.29, 0.717) is 18.4 Å². The van der Waals surface area contributed by atoms with Gasteiger partial charge in [-0.05, 0) is 51.2 Å². The summed E-state index contributed by atoms with van der Waals surface area (Å²) in [5.74, 6) is -6.10. The van der Waals surface area contributed by atoms with Crippen molar-refractivity contribution < 1.29 is 52.4 Å². The number of furan rings is 1. The van der Waals surface area contributed by atoms with Crippen LogP contribution in [-0.2, 0) is 42.9 Å². The number of esters is 4. The molecule has 12 atom stereocenters. The number of allylic oxidation sites excluding steroid dienone is 2. The Morgan fingerprint density at radius 2 is 1.74 bits per heavy atom.